The molecular weight excluding hydrogens is 457 g/mol. The van der Waals surface area contributed by atoms with Crippen LogP contribution < -0.4 is 4.74 Å². The van der Waals surface area contributed by atoms with Crippen LogP contribution in [0.15, 0.2) is 42.5 Å². The van der Waals surface area contributed by atoms with Crippen molar-refractivity contribution in [3.05, 3.63) is 65.0 Å². The van der Waals surface area contributed by atoms with Crippen LogP contribution in [0.4, 0.5) is 4.39 Å². The van der Waals surface area contributed by atoms with E-state index in [1.54, 1.807) is 12.0 Å². The summed E-state index contributed by atoms with van der Waals surface area (Å²) in [5.41, 5.74) is 3.27. The van der Waals surface area contributed by atoms with Crippen LogP contribution in [0, 0.1) is 5.82 Å². The predicted octanol–water partition coefficient (Wildman–Crippen LogP) is 4.17. The van der Waals surface area contributed by atoms with Crippen LogP contribution in [0.5, 0.6) is 5.75 Å². The highest BCUT2D eigenvalue weighted by Crippen LogP contribution is 2.28. The second-order valence-electron chi connectivity index (χ2n) is 9.89. The third-order valence-electron chi connectivity index (χ3n) is 7.46. The Balaban J connectivity index is 1.23. The summed E-state index contributed by atoms with van der Waals surface area (Å²) in [4.78, 5) is 31.4. The molecule has 7 heteroatoms. The third-order valence-corrected chi connectivity index (χ3v) is 7.46. The molecular formula is C29H38FN3O3. The van der Waals surface area contributed by atoms with Gasteiger partial charge in [-0.05, 0) is 99.1 Å². The van der Waals surface area contributed by atoms with Gasteiger partial charge in [-0.25, -0.2) is 4.39 Å². The standard InChI is InChI=1S/C29H38FN3O3/c1-3-14-31(26-12-8-22-9-13-27(36-2)20-24(22)19-26)15-4-5-16-32-17-18-33(21-28(32)34)29(35)23-6-10-25(30)11-7-23/h6-7,9-11,13,20,26H,3-5,8,12,14-19,21H2,1-2H3. The van der Waals surface area contributed by atoms with Gasteiger partial charge in [-0.1, -0.05) is 13.0 Å². The molecule has 2 aromatic carbocycles. The predicted molar refractivity (Wildman–Crippen MR) is 139 cm³/mol. The lowest BCUT2D eigenvalue weighted by atomic mass is 9.87. The highest BCUT2D eigenvalue weighted by atomic mass is 19.1. The number of hydrogen-bond acceptors (Lipinski definition) is 4. The van der Waals surface area contributed by atoms with Crippen LogP contribution in [-0.2, 0) is 17.6 Å². The molecule has 36 heavy (non-hydrogen) atoms. The number of rotatable bonds is 10. The Bertz CT molecular complexity index is 1040. The van der Waals surface area contributed by atoms with Crippen molar-refractivity contribution in [2.24, 2.45) is 0 Å². The summed E-state index contributed by atoms with van der Waals surface area (Å²) in [7, 11) is 1.72. The first kappa shape index (κ1) is 26.1. The molecule has 0 radical (unpaired) electrons. The Morgan fingerprint density at radius 1 is 1.08 bits per heavy atom. The Labute approximate surface area is 214 Å². The van der Waals surface area contributed by atoms with Crippen molar-refractivity contribution in [1.29, 1.82) is 0 Å². The van der Waals surface area contributed by atoms with Crippen molar-refractivity contribution < 1.29 is 18.7 Å². The average molecular weight is 496 g/mol. The molecule has 1 aliphatic heterocycles. The van der Waals surface area contributed by atoms with Gasteiger partial charge in [-0.2, -0.15) is 0 Å². The normalized spacial score (nSPS) is 17.9. The zero-order chi connectivity index (χ0) is 25.5. The maximum Gasteiger partial charge on any atom is 0.254 e. The molecule has 2 aromatic rings. The number of carbonyl (C=O) groups excluding carboxylic acids is 2. The van der Waals surface area contributed by atoms with Crippen molar-refractivity contribution in [3.63, 3.8) is 0 Å². The Morgan fingerprint density at radius 2 is 1.89 bits per heavy atom. The number of benzene rings is 2. The largest absolute Gasteiger partial charge is 0.497 e. The molecule has 4 rings (SSSR count). The maximum atomic E-state index is 13.1. The Kier molecular flexibility index (Phi) is 8.97. The molecule has 0 saturated carbocycles. The van der Waals surface area contributed by atoms with E-state index >= 15 is 0 Å². The van der Waals surface area contributed by atoms with E-state index in [1.165, 1.54) is 41.8 Å². The number of aryl methyl sites for hydroxylation is 1. The third kappa shape index (κ3) is 6.44. The summed E-state index contributed by atoms with van der Waals surface area (Å²) in [5, 5.41) is 0. The smallest absolute Gasteiger partial charge is 0.254 e. The number of methoxy groups -OCH3 is 1. The van der Waals surface area contributed by atoms with Crippen molar-refractivity contribution in [2.75, 3.05) is 46.4 Å². The van der Waals surface area contributed by atoms with E-state index in [-0.39, 0.29) is 24.2 Å². The number of unbranched alkanes of at least 4 members (excludes halogenated alkanes) is 1. The number of hydrogen-bond donors (Lipinski definition) is 0. The Hall–Kier alpha value is -2.93. The number of nitrogens with zero attached hydrogens (tertiary/aromatic N) is 3. The summed E-state index contributed by atoms with van der Waals surface area (Å²) in [6, 6.07) is 12.5. The van der Waals surface area contributed by atoms with Gasteiger partial charge in [0.25, 0.3) is 5.91 Å². The van der Waals surface area contributed by atoms with E-state index in [1.807, 2.05) is 4.90 Å². The first-order chi connectivity index (χ1) is 17.5. The molecule has 2 amide bonds. The topological polar surface area (TPSA) is 53.1 Å². The fourth-order valence-electron chi connectivity index (χ4n) is 5.43. The highest BCUT2D eigenvalue weighted by molar-refractivity contribution is 5.97. The molecule has 0 N–H and O–H groups in total. The summed E-state index contributed by atoms with van der Waals surface area (Å²) in [5.74, 6) is 0.323. The lowest BCUT2D eigenvalue weighted by Crippen LogP contribution is -2.52. The summed E-state index contributed by atoms with van der Waals surface area (Å²) in [6.45, 7) is 6.23. The molecule has 1 saturated heterocycles. The van der Waals surface area contributed by atoms with Gasteiger partial charge in [0.05, 0.1) is 7.11 Å². The number of fused-ring (bicyclic) bond motifs is 1. The highest BCUT2D eigenvalue weighted by Gasteiger charge is 2.28. The van der Waals surface area contributed by atoms with Crippen molar-refractivity contribution >= 4 is 11.8 Å². The second kappa shape index (κ2) is 12.3. The lowest BCUT2D eigenvalue weighted by Gasteiger charge is -2.36. The van der Waals surface area contributed by atoms with Gasteiger partial charge in [0.1, 0.15) is 18.1 Å². The molecule has 1 aliphatic carbocycles. The van der Waals surface area contributed by atoms with Crippen LogP contribution in [-0.4, -0.2) is 78.9 Å². The molecule has 1 heterocycles. The van der Waals surface area contributed by atoms with Gasteiger partial charge < -0.3 is 19.4 Å². The van der Waals surface area contributed by atoms with Gasteiger partial charge >= 0.3 is 0 Å². The quantitative estimate of drug-likeness (QED) is 0.465. The molecule has 194 valence electrons. The second-order valence-corrected chi connectivity index (χ2v) is 9.89. The zero-order valence-electron chi connectivity index (χ0n) is 21.5. The summed E-state index contributed by atoms with van der Waals surface area (Å²) >= 11 is 0. The molecule has 1 atom stereocenters. The number of halogens is 1. The van der Waals surface area contributed by atoms with E-state index < -0.39 is 0 Å². The van der Waals surface area contributed by atoms with E-state index in [0.29, 0.717) is 24.7 Å². The molecule has 1 unspecified atom stereocenters. The van der Waals surface area contributed by atoms with E-state index in [2.05, 4.69) is 30.0 Å². The SMILES string of the molecule is CCCN(CCCCN1CCN(C(=O)c2ccc(F)cc2)CC1=O)C1CCc2ccc(OC)cc2C1. The fraction of sp³-hybridized carbons (Fsp3) is 0.517. The lowest BCUT2D eigenvalue weighted by molar-refractivity contribution is -0.135. The Morgan fingerprint density at radius 3 is 2.61 bits per heavy atom. The minimum absolute atomic E-state index is 0.0139. The fourth-order valence-corrected chi connectivity index (χ4v) is 5.43. The van der Waals surface area contributed by atoms with Gasteiger partial charge in [0.15, 0.2) is 0 Å². The minimum atomic E-state index is -0.376. The number of amides is 2. The molecule has 6 nitrogen and oxygen atoms in total. The maximum absolute atomic E-state index is 13.1. The van der Waals surface area contributed by atoms with Crippen molar-refractivity contribution in [3.8, 4) is 5.75 Å². The van der Waals surface area contributed by atoms with Gasteiger partial charge in [-0.15, -0.1) is 0 Å². The average Bonchev–Trinajstić information content (AvgIpc) is 2.90. The number of carbonyl (C=O) groups is 2. The van der Waals surface area contributed by atoms with Gasteiger partial charge in [0, 0.05) is 31.2 Å². The number of piperazine rings is 1. The summed E-state index contributed by atoms with van der Waals surface area (Å²) in [6.07, 6.45) is 6.49. The van der Waals surface area contributed by atoms with Crippen LogP contribution in [0.3, 0.4) is 0 Å². The molecule has 1 fully saturated rings. The zero-order valence-corrected chi connectivity index (χ0v) is 21.5. The van der Waals surface area contributed by atoms with Gasteiger partial charge in [0.2, 0.25) is 5.91 Å². The van der Waals surface area contributed by atoms with Crippen LogP contribution in [0.2, 0.25) is 0 Å². The molecule has 0 spiro atoms. The monoisotopic (exact) mass is 495 g/mol. The summed E-state index contributed by atoms with van der Waals surface area (Å²) < 4.78 is 18.6. The minimum Gasteiger partial charge on any atom is -0.497 e. The van der Waals surface area contributed by atoms with Crippen molar-refractivity contribution in [1.82, 2.24) is 14.7 Å². The van der Waals surface area contributed by atoms with E-state index in [4.69, 9.17) is 4.74 Å². The first-order valence-electron chi connectivity index (χ1n) is 13.2. The van der Waals surface area contributed by atoms with Crippen LogP contribution in [0.25, 0.3) is 0 Å². The number of ether oxygens (including phenoxy) is 1. The first-order valence-corrected chi connectivity index (χ1v) is 13.2. The van der Waals surface area contributed by atoms with Gasteiger partial charge in [-0.3, -0.25) is 9.59 Å². The van der Waals surface area contributed by atoms with Crippen LogP contribution in [0.1, 0.15) is 54.1 Å². The molecule has 0 aromatic heterocycles. The molecule has 0 bridgehead atoms. The van der Waals surface area contributed by atoms with E-state index in [0.717, 1.165) is 57.5 Å². The molecule has 2 aliphatic rings. The van der Waals surface area contributed by atoms with E-state index in [9.17, 15) is 14.0 Å². The van der Waals surface area contributed by atoms with Crippen molar-refractivity contribution in [2.45, 2.75) is 51.5 Å². The van der Waals surface area contributed by atoms with Crippen LogP contribution >= 0.6 is 0 Å².